The number of ether oxygens (including phenoxy) is 1. The van der Waals surface area contributed by atoms with Crippen LogP contribution in [-0.2, 0) is 16.0 Å². The van der Waals surface area contributed by atoms with Gasteiger partial charge in [0, 0.05) is 19.3 Å². The maximum Gasteiger partial charge on any atom is 0.434 e. The topological polar surface area (TPSA) is 89.5 Å². The second-order valence-electron chi connectivity index (χ2n) is 7.69. The fraction of sp³-hybridized carbons (Fsp3) is 0.706. The van der Waals surface area contributed by atoms with E-state index in [-0.39, 0.29) is 36.7 Å². The zero-order valence-electron chi connectivity index (χ0n) is 15.0. The highest BCUT2D eigenvalue weighted by molar-refractivity contribution is 7.91. The van der Waals surface area contributed by atoms with E-state index in [0.717, 1.165) is 36.8 Å². The van der Waals surface area contributed by atoms with Crippen LogP contribution in [0.4, 0.5) is 13.2 Å². The number of carbonyl (C=O) groups is 1. The quantitative estimate of drug-likeness (QED) is 0.744. The van der Waals surface area contributed by atoms with E-state index >= 15 is 0 Å². The molecule has 3 fully saturated rings. The monoisotopic (exact) mass is 419 g/mol. The van der Waals surface area contributed by atoms with Crippen molar-refractivity contribution in [2.75, 3.05) is 24.6 Å². The number of hydrogen-bond acceptors (Lipinski definition) is 6. The zero-order valence-corrected chi connectivity index (χ0v) is 15.8. The molecule has 2 saturated carbocycles. The Kier molecular flexibility index (Phi) is 4.75. The maximum absolute atomic E-state index is 13.5. The lowest BCUT2D eigenvalue weighted by atomic mass is 9.98. The molecule has 1 aromatic heterocycles. The summed E-state index contributed by atoms with van der Waals surface area (Å²) in [7, 11) is -3.26. The van der Waals surface area contributed by atoms with E-state index in [9.17, 15) is 26.4 Å². The summed E-state index contributed by atoms with van der Waals surface area (Å²) in [5.41, 5.74) is -2.04. The molecule has 0 N–H and O–H groups in total. The number of fused-ring (bicyclic) bond motifs is 2. The molecule has 3 aliphatic rings. The van der Waals surface area contributed by atoms with Crippen LogP contribution in [0.5, 0.6) is 6.01 Å². The fourth-order valence-electron chi connectivity index (χ4n) is 4.35. The Labute approximate surface area is 160 Å². The van der Waals surface area contributed by atoms with Crippen molar-refractivity contribution in [3.05, 3.63) is 17.5 Å². The summed E-state index contributed by atoms with van der Waals surface area (Å²) in [6.45, 7) is -0.302. The van der Waals surface area contributed by atoms with Gasteiger partial charge in [-0.3, -0.25) is 4.79 Å². The van der Waals surface area contributed by atoms with Crippen LogP contribution in [-0.4, -0.2) is 59.9 Å². The Hall–Kier alpha value is -1.91. The number of halogens is 3. The van der Waals surface area contributed by atoms with E-state index in [4.69, 9.17) is 4.74 Å². The number of carbonyl (C=O) groups excluding carboxylic acids is 1. The van der Waals surface area contributed by atoms with Crippen molar-refractivity contribution < 1.29 is 31.1 Å². The highest BCUT2D eigenvalue weighted by Crippen LogP contribution is 2.45. The van der Waals surface area contributed by atoms with Crippen molar-refractivity contribution in [1.82, 2.24) is 14.9 Å². The summed E-state index contributed by atoms with van der Waals surface area (Å²) in [4.78, 5) is 21.0. The molecule has 1 saturated heterocycles. The molecular formula is C17H20F3N3O4S. The Balaban J connectivity index is 1.56. The zero-order chi connectivity index (χ0) is 20.1. The third-order valence-corrected chi connectivity index (χ3v) is 7.44. The molecule has 1 aliphatic heterocycles. The molecule has 1 aromatic rings. The molecule has 2 heterocycles. The SMILES string of the molecule is O=C(c1cnc(O[C@@H]2C[C@@H]3CC[C@@H]2C3)nc1C(F)(F)F)N1CCS(=O)(=O)CC1. The maximum atomic E-state index is 13.5. The van der Waals surface area contributed by atoms with Crippen molar-refractivity contribution in [3.63, 3.8) is 0 Å². The van der Waals surface area contributed by atoms with Crippen LogP contribution in [0.15, 0.2) is 6.20 Å². The molecule has 0 aromatic carbocycles. The molecule has 1 amide bonds. The largest absolute Gasteiger partial charge is 0.460 e. The van der Waals surface area contributed by atoms with Crippen molar-refractivity contribution in [2.24, 2.45) is 11.8 Å². The first kappa shape index (κ1) is 19.4. The first-order chi connectivity index (χ1) is 13.1. The molecule has 154 valence electrons. The molecule has 4 rings (SSSR count). The molecular weight excluding hydrogens is 399 g/mol. The third-order valence-electron chi connectivity index (χ3n) is 5.83. The van der Waals surface area contributed by atoms with Gasteiger partial charge in [-0.2, -0.15) is 18.2 Å². The van der Waals surface area contributed by atoms with Crippen LogP contribution >= 0.6 is 0 Å². The normalized spacial score (nSPS) is 29.1. The summed E-state index contributed by atoms with van der Waals surface area (Å²) < 4.78 is 69.2. The van der Waals surface area contributed by atoms with Gasteiger partial charge in [0.1, 0.15) is 6.10 Å². The van der Waals surface area contributed by atoms with E-state index in [2.05, 4.69) is 9.97 Å². The van der Waals surface area contributed by atoms with Gasteiger partial charge in [0.05, 0.1) is 17.1 Å². The molecule has 7 nitrogen and oxygen atoms in total. The minimum absolute atomic E-state index is 0.151. The Morgan fingerprint density at radius 3 is 2.46 bits per heavy atom. The fourth-order valence-corrected chi connectivity index (χ4v) is 5.55. The van der Waals surface area contributed by atoms with Gasteiger partial charge in [-0.1, -0.05) is 0 Å². The van der Waals surface area contributed by atoms with E-state index in [0.29, 0.717) is 11.8 Å². The molecule has 0 unspecified atom stereocenters. The highest BCUT2D eigenvalue weighted by Gasteiger charge is 2.43. The van der Waals surface area contributed by atoms with E-state index in [1.165, 1.54) is 0 Å². The minimum Gasteiger partial charge on any atom is -0.460 e. The Bertz CT molecular complexity index is 876. The molecule has 11 heteroatoms. The summed E-state index contributed by atoms with van der Waals surface area (Å²) in [6.07, 6.45) is -0.280. The first-order valence-corrected chi connectivity index (χ1v) is 11.0. The Morgan fingerprint density at radius 1 is 1.18 bits per heavy atom. The summed E-state index contributed by atoms with van der Waals surface area (Å²) in [6, 6.07) is -0.373. The van der Waals surface area contributed by atoms with Gasteiger partial charge >= 0.3 is 12.2 Å². The van der Waals surface area contributed by atoms with Gasteiger partial charge in [0.2, 0.25) is 0 Å². The Morgan fingerprint density at radius 2 is 1.89 bits per heavy atom. The lowest BCUT2D eigenvalue weighted by molar-refractivity contribution is -0.142. The van der Waals surface area contributed by atoms with Crippen LogP contribution in [0.3, 0.4) is 0 Å². The second kappa shape index (κ2) is 6.85. The van der Waals surface area contributed by atoms with Crippen molar-refractivity contribution >= 4 is 15.7 Å². The molecule has 0 radical (unpaired) electrons. The summed E-state index contributed by atoms with van der Waals surface area (Å²) in [5.74, 6) is -0.597. The van der Waals surface area contributed by atoms with Crippen LogP contribution < -0.4 is 4.74 Å². The number of amides is 1. The average Bonchev–Trinajstić information content (AvgIpc) is 3.23. The van der Waals surface area contributed by atoms with Gasteiger partial charge in [-0.05, 0) is 37.5 Å². The summed E-state index contributed by atoms with van der Waals surface area (Å²) in [5, 5.41) is 0. The first-order valence-electron chi connectivity index (χ1n) is 9.23. The van der Waals surface area contributed by atoms with Crippen LogP contribution in [0.25, 0.3) is 0 Å². The molecule has 28 heavy (non-hydrogen) atoms. The molecule has 2 aliphatic carbocycles. The van der Waals surface area contributed by atoms with Gasteiger partial charge in [0.25, 0.3) is 5.91 Å². The van der Waals surface area contributed by atoms with E-state index in [1.807, 2.05) is 0 Å². The van der Waals surface area contributed by atoms with Crippen molar-refractivity contribution in [1.29, 1.82) is 0 Å². The molecule has 3 atom stereocenters. The number of rotatable bonds is 3. The van der Waals surface area contributed by atoms with Gasteiger partial charge in [-0.25, -0.2) is 13.4 Å². The van der Waals surface area contributed by atoms with Gasteiger partial charge in [-0.15, -0.1) is 0 Å². The lowest BCUT2D eigenvalue weighted by Gasteiger charge is -2.27. The van der Waals surface area contributed by atoms with Gasteiger partial charge < -0.3 is 9.64 Å². The van der Waals surface area contributed by atoms with Gasteiger partial charge in [0.15, 0.2) is 15.5 Å². The molecule has 0 spiro atoms. The number of nitrogens with zero attached hydrogens (tertiary/aromatic N) is 3. The third kappa shape index (κ3) is 3.81. The number of sulfone groups is 1. The highest BCUT2D eigenvalue weighted by atomic mass is 32.2. The van der Waals surface area contributed by atoms with Crippen LogP contribution in [0.2, 0.25) is 0 Å². The van der Waals surface area contributed by atoms with Crippen LogP contribution in [0.1, 0.15) is 41.7 Å². The van der Waals surface area contributed by atoms with E-state index < -0.39 is 33.2 Å². The van der Waals surface area contributed by atoms with E-state index in [1.54, 1.807) is 0 Å². The lowest BCUT2D eigenvalue weighted by Crippen LogP contribution is -2.44. The van der Waals surface area contributed by atoms with Crippen LogP contribution in [0, 0.1) is 11.8 Å². The number of alkyl halides is 3. The minimum atomic E-state index is -4.86. The predicted molar refractivity (Wildman–Crippen MR) is 91.5 cm³/mol. The number of aromatic nitrogens is 2. The number of hydrogen-bond donors (Lipinski definition) is 0. The smallest absolute Gasteiger partial charge is 0.434 e. The summed E-state index contributed by atoms with van der Waals surface area (Å²) >= 11 is 0. The second-order valence-corrected chi connectivity index (χ2v) is 9.99. The predicted octanol–water partition coefficient (Wildman–Crippen LogP) is 1.93. The van der Waals surface area contributed by atoms with Crippen molar-refractivity contribution in [2.45, 2.75) is 38.0 Å². The van der Waals surface area contributed by atoms with Crippen molar-refractivity contribution in [3.8, 4) is 6.01 Å². The molecule has 2 bridgehead atoms. The standard InChI is InChI=1S/C17H20F3N3O4S/c18-17(19,20)14-12(15(24)23-3-5-28(25,26)6-4-23)9-21-16(22-14)27-13-8-10-1-2-11(13)7-10/h9-11,13H,1-8H2/t10-,11-,13-/m1/s1. The average molecular weight is 419 g/mol.